The van der Waals surface area contributed by atoms with Gasteiger partial charge in [-0.2, -0.15) is 5.21 Å². The van der Waals surface area contributed by atoms with Crippen LogP contribution in [-0.4, -0.2) is 57.1 Å². The molecule has 0 radical (unpaired) electrons. The first-order valence-corrected chi connectivity index (χ1v) is 10.9. The molecular weight excluding hydrogens is 436 g/mol. The monoisotopic (exact) mass is 460 g/mol. The van der Waals surface area contributed by atoms with E-state index < -0.39 is 6.23 Å². The predicted octanol–water partition coefficient (Wildman–Crippen LogP) is 3.27. The molecule has 5 rings (SSSR count). The molecule has 1 saturated heterocycles. The van der Waals surface area contributed by atoms with Gasteiger partial charge in [-0.15, -0.1) is 10.2 Å². The number of benzene rings is 2. The van der Waals surface area contributed by atoms with E-state index in [1.807, 2.05) is 48.5 Å². The molecule has 3 heterocycles. The van der Waals surface area contributed by atoms with Crippen LogP contribution >= 0.6 is 0 Å². The van der Waals surface area contributed by atoms with Crippen LogP contribution in [0.3, 0.4) is 0 Å². The lowest BCUT2D eigenvalue weighted by Crippen LogP contribution is -2.24. The normalized spacial score (nSPS) is 16.2. The Bertz CT molecular complexity index is 1200. The number of hydrogen-bond acceptors (Lipinski definition) is 9. The summed E-state index contributed by atoms with van der Waals surface area (Å²) in [5.41, 5.74) is 2.92. The molecule has 2 aromatic heterocycles. The first-order valence-electron chi connectivity index (χ1n) is 10.9. The second-order valence-electron chi connectivity index (χ2n) is 7.75. The van der Waals surface area contributed by atoms with Gasteiger partial charge in [-0.3, -0.25) is 4.98 Å². The fourth-order valence-corrected chi connectivity index (χ4v) is 3.86. The summed E-state index contributed by atoms with van der Waals surface area (Å²) in [7, 11) is 1.60. The molecule has 0 spiro atoms. The van der Waals surface area contributed by atoms with E-state index in [0.29, 0.717) is 36.1 Å². The molecule has 2 aromatic carbocycles. The van der Waals surface area contributed by atoms with Gasteiger partial charge in [-0.05, 0) is 47.7 Å². The zero-order valence-corrected chi connectivity index (χ0v) is 18.5. The zero-order valence-electron chi connectivity index (χ0n) is 18.5. The number of hydrogen-bond donors (Lipinski definition) is 2. The number of aromatic nitrogens is 5. The highest BCUT2D eigenvalue weighted by Gasteiger charge is 2.24. The Morgan fingerprint density at radius 2 is 1.97 bits per heavy atom. The lowest BCUT2D eigenvalue weighted by Gasteiger charge is -2.31. The highest BCUT2D eigenvalue weighted by Crippen LogP contribution is 2.40. The maximum atomic E-state index is 11.4. The van der Waals surface area contributed by atoms with Gasteiger partial charge in [0.1, 0.15) is 6.10 Å². The molecule has 34 heavy (non-hydrogen) atoms. The van der Waals surface area contributed by atoms with Gasteiger partial charge in [0.2, 0.25) is 5.82 Å². The van der Waals surface area contributed by atoms with Gasteiger partial charge in [0.15, 0.2) is 17.7 Å². The van der Waals surface area contributed by atoms with Crippen molar-refractivity contribution in [1.29, 1.82) is 0 Å². The first-order chi connectivity index (χ1) is 16.7. The largest absolute Gasteiger partial charge is 0.493 e. The summed E-state index contributed by atoms with van der Waals surface area (Å²) < 4.78 is 17.1. The SMILES string of the molecule is COc1ccc(N(c2ccc(-c3nn[nH]n3)cc2)C(O)c2cccnc2)cc1O[C@@H]1CCOC1. The second kappa shape index (κ2) is 9.86. The standard InChI is InChI=1S/C24H24N6O4/c1-32-21-9-8-19(13-22(21)34-20-10-12-33-15-20)30(24(31)17-3-2-11-25-14-17)18-6-4-16(5-7-18)23-26-28-29-27-23/h2-9,11,13-14,20,24,31H,10,12,15H2,1H3,(H,26,27,28,29)/t20-,24?/m1/s1. The van der Waals surface area contributed by atoms with Crippen molar-refractivity contribution in [1.82, 2.24) is 25.6 Å². The number of tetrazole rings is 1. The third kappa shape index (κ3) is 4.54. The third-order valence-corrected chi connectivity index (χ3v) is 5.58. The Kier molecular flexibility index (Phi) is 6.32. The van der Waals surface area contributed by atoms with Crippen LogP contribution < -0.4 is 14.4 Å². The Morgan fingerprint density at radius 1 is 1.12 bits per heavy atom. The van der Waals surface area contributed by atoms with E-state index in [1.165, 1.54) is 0 Å². The molecule has 1 aliphatic rings. The van der Waals surface area contributed by atoms with Crippen LogP contribution in [-0.2, 0) is 4.74 Å². The number of H-pyrrole nitrogens is 1. The fourth-order valence-electron chi connectivity index (χ4n) is 3.86. The Hall–Kier alpha value is -4.02. The molecule has 1 aliphatic heterocycles. The van der Waals surface area contributed by atoms with Crippen molar-refractivity contribution in [3.63, 3.8) is 0 Å². The van der Waals surface area contributed by atoms with Crippen LogP contribution in [0.1, 0.15) is 18.2 Å². The minimum absolute atomic E-state index is 0.0462. The maximum absolute atomic E-state index is 11.4. The molecule has 2 atom stereocenters. The fraction of sp³-hybridized carbons (Fsp3) is 0.250. The van der Waals surface area contributed by atoms with E-state index in [9.17, 15) is 5.11 Å². The van der Waals surface area contributed by atoms with Crippen LogP contribution in [0.4, 0.5) is 11.4 Å². The number of nitrogens with one attached hydrogen (secondary N) is 1. The van der Waals surface area contributed by atoms with Gasteiger partial charge < -0.3 is 24.2 Å². The molecule has 2 N–H and O–H groups in total. The minimum Gasteiger partial charge on any atom is -0.493 e. The van der Waals surface area contributed by atoms with Crippen molar-refractivity contribution in [3.8, 4) is 22.9 Å². The van der Waals surface area contributed by atoms with Crippen molar-refractivity contribution in [2.45, 2.75) is 18.8 Å². The van der Waals surface area contributed by atoms with E-state index in [4.69, 9.17) is 14.2 Å². The van der Waals surface area contributed by atoms with E-state index in [0.717, 1.165) is 23.4 Å². The number of methoxy groups -OCH3 is 1. The van der Waals surface area contributed by atoms with Crippen molar-refractivity contribution < 1.29 is 19.3 Å². The molecular formula is C24H24N6O4. The number of rotatable bonds is 8. The number of ether oxygens (including phenoxy) is 3. The molecule has 0 bridgehead atoms. The third-order valence-electron chi connectivity index (χ3n) is 5.58. The van der Waals surface area contributed by atoms with Crippen molar-refractivity contribution in [3.05, 3.63) is 72.6 Å². The predicted molar refractivity (Wildman–Crippen MR) is 124 cm³/mol. The molecule has 10 nitrogen and oxygen atoms in total. The van der Waals surface area contributed by atoms with E-state index in [-0.39, 0.29) is 6.10 Å². The van der Waals surface area contributed by atoms with Crippen LogP contribution in [0.2, 0.25) is 0 Å². The van der Waals surface area contributed by atoms with Crippen LogP contribution in [0.5, 0.6) is 11.5 Å². The van der Waals surface area contributed by atoms with E-state index in [1.54, 1.807) is 30.5 Å². The topological polar surface area (TPSA) is 119 Å². The summed E-state index contributed by atoms with van der Waals surface area (Å²) in [4.78, 5) is 5.96. The average molecular weight is 460 g/mol. The number of aliphatic hydroxyl groups is 1. The summed E-state index contributed by atoms with van der Waals surface area (Å²) in [5.74, 6) is 1.69. The minimum atomic E-state index is -0.999. The van der Waals surface area contributed by atoms with Gasteiger partial charge in [0, 0.05) is 47.4 Å². The highest BCUT2D eigenvalue weighted by molar-refractivity contribution is 5.70. The summed E-state index contributed by atoms with van der Waals surface area (Å²) in [6, 6.07) is 16.7. The van der Waals surface area contributed by atoms with Crippen LogP contribution in [0.15, 0.2) is 67.0 Å². The Morgan fingerprint density at radius 3 is 2.65 bits per heavy atom. The van der Waals surface area contributed by atoms with Gasteiger partial charge in [0.05, 0.1) is 20.3 Å². The van der Waals surface area contributed by atoms with Crippen LogP contribution in [0.25, 0.3) is 11.4 Å². The smallest absolute Gasteiger partial charge is 0.204 e. The van der Waals surface area contributed by atoms with E-state index >= 15 is 0 Å². The second-order valence-corrected chi connectivity index (χ2v) is 7.75. The number of anilines is 2. The summed E-state index contributed by atoms with van der Waals surface area (Å²) >= 11 is 0. The molecule has 174 valence electrons. The van der Waals surface area contributed by atoms with Gasteiger partial charge >= 0.3 is 0 Å². The number of nitrogens with zero attached hydrogens (tertiary/aromatic N) is 5. The van der Waals surface area contributed by atoms with Gasteiger partial charge in [0.25, 0.3) is 0 Å². The first kappa shape index (κ1) is 21.8. The zero-order chi connectivity index (χ0) is 23.3. The summed E-state index contributed by atoms with van der Waals surface area (Å²) in [5, 5.41) is 25.5. The lowest BCUT2D eigenvalue weighted by atomic mass is 10.1. The lowest BCUT2D eigenvalue weighted by molar-refractivity contribution is 0.138. The molecule has 0 amide bonds. The van der Waals surface area contributed by atoms with Crippen molar-refractivity contribution >= 4 is 11.4 Å². The Labute approximate surface area is 196 Å². The molecule has 1 fully saturated rings. The summed E-state index contributed by atoms with van der Waals surface area (Å²) in [6.07, 6.45) is 3.08. The highest BCUT2D eigenvalue weighted by atomic mass is 16.6. The molecule has 4 aromatic rings. The maximum Gasteiger partial charge on any atom is 0.204 e. The van der Waals surface area contributed by atoms with E-state index in [2.05, 4.69) is 25.6 Å². The van der Waals surface area contributed by atoms with Crippen molar-refractivity contribution in [2.75, 3.05) is 25.2 Å². The molecule has 0 aliphatic carbocycles. The number of aromatic amines is 1. The average Bonchev–Trinajstić information content (AvgIpc) is 3.60. The number of aliphatic hydroxyl groups excluding tert-OH is 1. The number of pyridine rings is 1. The Balaban J connectivity index is 1.54. The van der Waals surface area contributed by atoms with Crippen LogP contribution in [0, 0.1) is 0 Å². The van der Waals surface area contributed by atoms with Gasteiger partial charge in [-0.25, -0.2) is 0 Å². The molecule has 10 heteroatoms. The van der Waals surface area contributed by atoms with Crippen molar-refractivity contribution in [2.24, 2.45) is 0 Å². The molecule has 0 saturated carbocycles. The summed E-state index contributed by atoms with van der Waals surface area (Å²) in [6.45, 7) is 1.21. The molecule has 1 unspecified atom stereocenters. The quantitative estimate of drug-likeness (QED) is 0.382. The van der Waals surface area contributed by atoms with Gasteiger partial charge in [-0.1, -0.05) is 6.07 Å².